The molecule has 2 aromatic carbocycles. The summed E-state index contributed by atoms with van der Waals surface area (Å²) in [5, 5.41) is 4.16. The minimum absolute atomic E-state index is 0.619. The Hall–Kier alpha value is -1.67. The van der Waals surface area contributed by atoms with E-state index in [-0.39, 0.29) is 0 Å². The fourth-order valence-electron chi connectivity index (χ4n) is 2.11. The van der Waals surface area contributed by atoms with Crippen molar-refractivity contribution in [2.45, 2.75) is 20.8 Å². The number of rotatable bonds is 5. The second-order valence-electron chi connectivity index (χ2n) is 5.02. The van der Waals surface area contributed by atoms with Crippen molar-refractivity contribution < 1.29 is 4.74 Å². The summed E-state index contributed by atoms with van der Waals surface area (Å²) in [5.41, 5.74) is 4.47. The predicted molar refractivity (Wildman–Crippen MR) is 86.1 cm³/mol. The van der Waals surface area contributed by atoms with Gasteiger partial charge in [0.05, 0.1) is 0 Å². The summed E-state index contributed by atoms with van der Waals surface area (Å²) in [5.74, 6) is 0.871. The number of hydrogen-bond acceptors (Lipinski definition) is 2. The van der Waals surface area contributed by atoms with E-state index in [1.165, 1.54) is 5.56 Å². The van der Waals surface area contributed by atoms with Gasteiger partial charge in [-0.15, -0.1) is 0 Å². The average Bonchev–Trinajstić information content (AvgIpc) is 2.41. The molecule has 2 aromatic rings. The van der Waals surface area contributed by atoms with Crippen molar-refractivity contribution in [2.24, 2.45) is 0 Å². The van der Waals surface area contributed by atoms with Gasteiger partial charge < -0.3 is 10.1 Å². The SMILES string of the molecule is Cc1cccc(NCCOc2cc(C)c(Cl)c(C)c2)c1. The number of ether oxygens (including phenoxy) is 1. The van der Waals surface area contributed by atoms with E-state index >= 15 is 0 Å². The maximum Gasteiger partial charge on any atom is 0.120 e. The lowest BCUT2D eigenvalue weighted by molar-refractivity contribution is 0.332. The lowest BCUT2D eigenvalue weighted by atomic mass is 10.1. The van der Waals surface area contributed by atoms with Crippen LogP contribution in [0.4, 0.5) is 5.69 Å². The molecule has 0 unspecified atom stereocenters. The van der Waals surface area contributed by atoms with Crippen LogP contribution in [0.3, 0.4) is 0 Å². The molecule has 0 amide bonds. The molecule has 0 aliphatic heterocycles. The van der Waals surface area contributed by atoms with Crippen LogP contribution in [0, 0.1) is 20.8 Å². The van der Waals surface area contributed by atoms with Crippen LogP contribution in [0.15, 0.2) is 36.4 Å². The van der Waals surface area contributed by atoms with Gasteiger partial charge in [-0.2, -0.15) is 0 Å². The van der Waals surface area contributed by atoms with Crippen LogP contribution in [0.5, 0.6) is 5.75 Å². The highest BCUT2D eigenvalue weighted by Crippen LogP contribution is 2.25. The Labute approximate surface area is 125 Å². The lowest BCUT2D eigenvalue weighted by Crippen LogP contribution is -2.11. The van der Waals surface area contributed by atoms with Crippen molar-refractivity contribution in [2.75, 3.05) is 18.5 Å². The summed E-state index contributed by atoms with van der Waals surface area (Å²) < 4.78 is 5.75. The maximum atomic E-state index is 6.14. The first-order valence-corrected chi connectivity index (χ1v) is 7.14. The van der Waals surface area contributed by atoms with Gasteiger partial charge in [-0.05, 0) is 61.7 Å². The van der Waals surface area contributed by atoms with Crippen molar-refractivity contribution >= 4 is 17.3 Å². The highest BCUT2D eigenvalue weighted by atomic mass is 35.5. The van der Waals surface area contributed by atoms with E-state index in [0.29, 0.717) is 6.61 Å². The summed E-state index contributed by atoms with van der Waals surface area (Å²) in [7, 11) is 0. The molecule has 1 N–H and O–H groups in total. The van der Waals surface area contributed by atoms with E-state index in [9.17, 15) is 0 Å². The van der Waals surface area contributed by atoms with Gasteiger partial charge in [0, 0.05) is 17.3 Å². The van der Waals surface area contributed by atoms with Crippen LogP contribution < -0.4 is 10.1 Å². The summed E-state index contributed by atoms with van der Waals surface area (Å²) >= 11 is 6.14. The van der Waals surface area contributed by atoms with Crippen molar-refractivity contribution in [3.8, 4) is 5.75 Å². The fraction of sp³-hybridized carbons (Fsp3) is 0.294. The minimum atomic E-state index is 0.619. The Bertz CT molecular complexity index is 572. The van der Waals surface area contributed by atoms with Gasteiger partial charge in [-0.3, -0.25) is 0 Å². The molecule has 0 spiro atoms. The van der Waals surface area contributed by atoms with Crippen molar-refractivity contribution in [1.82, 2.24) is 0 Å². The number of hydrogen-bond donors (Lipinski definition) is 1. The molecule has 0 aliphatic carbocycles. The van der Waals surface area contributed by atoms with Gasteiger partial charge in [0.2, 0.25) is 0 Å². The highest BCUT2D eigenvalue weighted by molar-refractivity contribution is 6.32. The first-order valence-electron chi connectivity index (χ1n) is 6.76. The van der Waals surface area contributed by atoms with E-state index < -0.39 is 0 Å². The third-order valence-electron chi connectivity index (χ3n) is 3.13. The Morgan fingerprint density at radius 2 is 1.75 bits per heavy atom. The predicted octanol–water partition coefficient (Wildman–Crippen LogP) is 4.76. The molecule has 0 fully saturated rings. The largest absolute Gasteiger partial charge is 0.492 e. The molecule has 106 valence electrons. The molecule has 0 atom stereocenters. The molecule has 20 heavy (non-hydrogen) atoms. The third kappa shape index (κ3) is 3.91. The zero-order valence-corrected chi connectivity index (χ0v) is 12.9. The second-order valence-corrected chi connectivity index (χ2v) is 5.39. The molecule has 0 aliphatic rings. The van der Waals surface area contributed by atoms with Gasteiger partial charge in [0.1, 0.15) is 12.4 Å². The van der Waals surface area contributed by atoms with Crippen LogP contribution >= 0.6 is 11.6 Å². The minimum Gasteiger partial charge on any atom is -0.492 e. The summed E-state index contributed by atoms with van der Waals surface area (Å²) in [4.78, 5) is 0. The molecular weight excluding hydrogens is 270 g/mol. The van der Waals surface area contributed by atoms with Crippen LogP contribution in [0.25, 0.3) is 0 Å². The van der Waals surface area contributed by atoms with Crippen LogP contribution in [0.2, 0.25) is 5.02 Å². The molecule has 0 saturated heterocycles. The quantitative estimate of drug-likeness (QED) is 0.802. The molecule has 0 aromatic heterocycles. The van der Waals surface area contributed by atoms with Crippen LogP contribution in [0.1, 0.15) is 16.7 Å². The fourth-order valence-corrected chi connectivity index (χ4v) is 2.22. The third-order valence-corrected chi connectivity index (χ3v) is 3.72. The number of nitrogens with one attached hydrogen (secondary N) is 1. The zero-order chi connectivity index (χ0) is 14.5. The molecule has 3 heteroatoms. The van der Waals surface area contributed by atoms with E-state index in [1.807, 2.05) is 32.0 Å². The Kier molecular flexibility index (Phi) is 4.91. The first kappa shape index (κ1) is 14.7. The maximum absolute atomic E-state index is 6.14. The van der Waals surface area contributed by atoms with Crippen molar-refractivity contribution in [3.63, 3.8) is 0 Å². The van der Waals surface area contributed by atoms with Gasteiger partial charge in [-0.1, -0.05) is 23.7 Å². The van der Waals surface area contributed by atoms with Crippen LogP contribution in [-0.4, -0.2) is 13.2 Å². The second kappa shape index (κ2) is 6.67. The van der Waals surface area contributed by atoms with Crippen molar-refractivity contribution in [1.29, 1.82) is 0 Å². The van der Waals surface area contributed by atoms with Gasteiger partial charge >= 0.3 is 0 Å². The molecule has 0 radical (unpaired) electrons. The number of anilines is 1. The standard InChI is InChI=1S/C17H20ClNO/c1-12-5-4-6-15(9-12)19-7-8-20-16-10-13(2)17(18)14(3)11-16/h4-6,9-11,19H,7-8H2,1-3H3. The molecule has 0 saturated carbocycles. The summed E-state index contributed by atoms with van der Waals surface area (Å²) in [6, 6.07) is 12.3. The highest BCUT2D eigenvalue weighted by Gasteiger charge is 2.03. The number of benzene rings is 2. The molecule has 0 bridgehead atoms. The molecular formula is C17H20ClNO. The zero-order valence-electron chi connectivity index (χ0n) is 12.2. The summed E-state index contributed by atoms with van der Waals surface area (Å²) in [6.45, 7) is 7.46. The van der Waals surface area contributed by atoms with Gasteiger partial charge in [0.25, 0.3) is 0 Å². The Morgan fingerprint density at radius 3 is 2.40 bits per heavy atom. The van der Waals surface area contributed by atoms with Crippen molar-refractivity contribution in [3.05, 3.63) is 58.1 Å². The van der Waals surface area contributed by atoms with E-state index in [2.05, 4.69) is 30.4 Å². The van der Waals surface area contributed by atoms with Gasteiger partial charge in [-0.25, -0.2) is 0 Å². The Morgan fingerprint density at radius 1 is 1.05 bits per heavy atom. The lowest BCUT2D eigenvalue weighted by Gasteiger charge is -2.11. The van der Waals surface area contributed by atoms with E-state index in [4.69, 9.17) is 16.3 Å². The first-order chi connectivity index (χ1) is 9.56. The summed E-state index contributed by atoms with van der Waals surface area (Å²) in [6.07, 6.45) is 0. The normalized spacial score (nSPS) is 10.4. The van der Waals surface area contributed by atoms with E-state index in [1.54, 1.807) is 0 Å². The van der Waals surface area contributed by atoms with E-state index in [0.717, 1.165) is 34.1 Å². The average molecular weight is 290 g/mol. The molecule has 2 nitrogen and oxygen atoms in total. The number of aryl methyl sites for hydroxylation is 3. The van der Waals surface area contributed by atoms with Crippen LogP contribution in [-0.2, 0) is 0 Å². The Balaban J connectivity index is 1.84. The monoisotopic (exact) mass is 289 g/mol. The topological polar surface area (TPSA) is 21.3 Å². The molecule has 2 rings (SSSR count). The molecule has 0 heterocycles. The van der Waals surface area contributed by atoms with Gasteiger partial charge in [0.15, 0.2) is 0 Å². The smallest absolute Gasteiger partial charge is 0.120 e. The number of halogens is 1.